The van der Waals surface area contributed by atoms with Gasteiger partial charge in [0.05, 0.1) is 10.0 Å². The van der Waals surface area contributed by atoms with E-state index in [0.717, 1.165) is 0 Å². The lowest BCUT2D eigenvalue weighted by Gasteiger charge is -2.10. The summed E-state index contributed by atoms with van der Waals surface area (Å²) in [7, 11) is 0. The van der Waals surface area contributed by atoms with E-state index >= 15 is 0 Å². The van der Waals surface area contributed by atoms with Crippen molar-refractivity contribution in [3.8, 4) is 5.75 Å². The molecule has 0 aliphatic heterocycles. The van der Waals surface area contributed by atoms with Crippen LogP contribution in [0, 0.1) is 0 Å². The molecule has 174 valence electrons. The lowest BCUT2D eigenvalue weighted by Crippen LogP contribution is -2.18. The molecule has 2 aromatic carbocycles. The van der Waals surface area contributed by atoms with Gasteiger partial charge in [0, 0.05) is 30.3 Å². The van der Waals surface area contributed by atoms with Crippen molar-refractivity contribution in [3.05, 3.63) is 88.4 Å². The van der Waals surface area contributed by atoms with Crippen LogP contribution in [0.4, 0.5) is 11.4 Å². The minimum absolute atomic E-state index is 0.0204. The lowest BCUT2D eigenvalue weighted by atomic mass is 10.2. The van der Waals surface area contributed by atoms with Crippen molar-refractivity contribution in [2.75, 3.05) is 10.6 Å². The SMILES string of the molecule is CCn1nccc1C(=O)Nc1cccc(NC(=O)c2ccn(COc3c(Cl)cccc3Cl)n2)c1. The number of aromatic nitrogens is 4. The fraction of sp³-hybridized carbons (Fsp3) is 0.130. The van der Waals surface area contributed by atoms with Crippen LogP contribution in [0.2, 0.25) is 10.0 Å². The first kappa shape index (κ1) is 23.3. The average Bonchev–Trinajstić information content (AvgIpc) is 3.49. The highest BCUT2D eigenvalue weighted by atomic mass is 35.5. The standard InChI is InChI=1S/C23H20Cl2N6O3/c1-2-31-20(9-11-26-31)23(33)28-16-6-3-5-15(13-16)27-22(32)19-10-12-30(29-19)14-34-21-17(24)7-4-8-18(21)25/h3-13H,2,14H2,1H3,(H,27,32)(H,28,33). The molecule has 2 aromatic heterocycles. The largest absolute Gasteiger partial charge is 0.468 e. The lowest BCUT2D eigenvalue weighted by molar-refractivity contribution is 0.101. The summed E-state index contributed by atoms with van der Waals surface area (Å²) in [5.41, 5.74) is 1.67. The Balaban J connectivity index is 1.38. The van der Waals surface area contributed by atoms with Crippen LogP contribution in [0.15, 0.2) is 67.0 Å². The Labute approximate surface area is 205 Å². The van der Waals surface area contributed by atoms with Gasteiger partial charge in [0.1, 0.15) is 5.69 Å². The summed E-state index contributed by atoms with van der Waals surface area (Å²) in [6, 6.07) is 15.1. The molecular formula is C23H20Cl2N6O3. The predicted molar refractivity (Wildman–Crippen MR) is 130 cm³/mol. The molecule has 11 heteroatoms. The first-order valence-electron chi connectivity index (χ1n) is 10.3. The van der Waals surface area contributed by atoms with Crippen molar-refractivity contribution < 1.29 is 14.3 Å². The Bertz CT molecular complexity index is 1310. The van der Waals surface area contributed by atoms with Gasteiger partial charge < -0.3 is 15.4 Å². The molecule has 4 aromatic rings. The number of para-hydroxylation sites is 1. The third-order valence-electron chi connectivity index (χ3n) is 4.76. The molecule has 0 saturated heterocycles. The number of benzene rings is 2. The summed E-state index contributed by atoms with van der Waals surface area (Å²) >= 11 is 12.2. The van der Waals surface area contributed by atoms with Gasteiger partial charge in [0.15, 0.2) is 18.2 Å². The van der Waals surface area contributed by atoms with Gasteiger partial charge in [-0.2, -0.15) is 10.2 Å². The average molecular weight is 499 g/mol. The molecule has 0 atom stereocenters. The van der Waals surface area contributed by atoms with Crippen LogP contribution in [0.1, 0.15) is 27.9 Å². The number of nitrogens with zero attached hydrogens (tertiary/aromatic N) is 4. The van der Waals surface area contributed by atoms with Crippen molar-refractivity contribution in [2.24, 2.45) is 0 Å². The summed E-state index contributed by atoms with van der Waals surface area (Å²) in [6.45, 7) is 2.50. The number of rotatable bonds is 8. The van der Waals surface area contributed by atoms with Crippen LogP contribution >= 0.6 is 23.2 Å². The first-order valence-corrected chi connectivity index (χ1v) is 11.0. The summed E-state index contributed by atoms with van der Waals surface area (Å²) in [5.74, 6) is -0.365. The Morgan fingerprint density at radius 1 is 0.971 bits per heavy atom. The molecule has 0 aliphatic carbocycles. The van der Waals surface area contributed by atoms with Crippen molar-refractivity contribution in [2.45, 2.75) is 20.2 Å². The molecule has 0 unspecified atom stereocenters. The maximum atomic E-state index is 12.6. The normalized spacial score (nSPS) is 10.7. The minimum atomic E-state index is -0.415. The molecule has 4 rings (SSSR count). The van der Waals surface area contributed by atoms with Crippen LogP contribution in [0.5, 0.6) is 5.75 Å². The molecule has 0 radical (unpaired) electrons. The van der Waals surface area contributed by atoms with E-state index in [9.17, 15) is 9.59 Å². The van der Waals surface area contributed by atoms with Crippen LogP contribution in [-0.2, 0) is 13.3 Å². The third-order valence-corrected chi connectivity index (χ3v) is 5.36. The predicted octanol–water partition coefficient (Wildman–Crippen LogP) is 4.95. The quantitative estimate of drug-likeness (QED) is 0.357. The summed E-state index contributed by atoms with van der Waals surface area (Å²) in [4.78, 5) is 25.2. The van der Waals surface area contributed by atoms with Crippen molar-refractivity contribution in [1.82, 2.24) is 19.6 Å². The molecule has 0 bridgehead atoms. The van der Waals surface area contributed by atoms with Gasteiger partial charge in [0.2, 0.25) is 0 Å². The zero-order valence-corrected chi connectivity index (χ0v) is 19.5. The molecule has 0 saturated carbocycles. The van der Waals surface area contributed by atoms with Crippen molar-refractivity contribution in [3.63, 3.8) is 0 Å². The fourth-order valence-electron chi connectivity index (χ4n) is 3.15. The van der Waals surface area contributed by atoms with Crippen LogP contribution < -0.4 is 15.4 Å². The molecule has 9 nitrogen and oxygen atoms in total. The maximum Gasteiger partial charge on any atom is 0.276 e. The Kier molecular flexibility index (Phi) is 7.15. The van der Waals surface area contributed by atoms with Gasteiger partial charge in [0.25, 0.3) is 11.8 Å². The molecule has 0 spiro atoms. The Morgan fingerprint density at radius 3 is 2.35 bits per heavy atom. The number of halogens is 2. The third kappa shape index (κ3) is 5.38. The molecular weight excluding hydrogens is 479 g/mol. The molecule has 34 heavy (non-hydrogen) atoms. The maximum absolute atomic E-state index is 12.6. The van der Waals surface area contributed by atoms with E-state index < -0.39 is 5.91 Å². The van der Waals surface area contributed by atoms with E-state index in [1.165, 1.54) is 4.68 Å². The van der Waals surface area contributed by atoms with Crippen LogP contribution in [-0.4, -0.2) is 31.4 Å². The first-order chi connectivity index (χ1) is 16.4. The van der Waals surface area contributed by atoms with Crippen molar-refractivity contribution >= 4 is 46.4 Å². The number of carbonyl (C=O) groups excluding carboxylic acids is 2. The molecule has 2 amide bonds. The Morgan fingerprint density at radius 2 is 1.65 bits per heavy atom. The van der Waals surface area contributed by atoms with E-state index in [1.807, 2.05) is 6.92 Å². The zero-order valence-electron chi connectivity index (χ0n) is 18.0. The molecule has 0 fully saturated rings. The number of hydrogen-bond acceptors (Lipinski definition) is 5. The molecule has 2 heterocycles. The van der Waals surface area contributed by atoms with E-state index in [2.05, 4.69) is 20.8 Å². The van der Waals surface area contributed by atoms with E-state index in [-0.39, 0.29) is 18.3 Å². The van der Waals surface area contributed by atoms with E-state index in [0.29, 0.717) is 39.4 Å². The highest BCUT2D eigenvalue weighted by Gasteiger charge is 2.14. The smallest absolute Gasteiger partial charge is 0.276 e. The van der Waals surface area contributed by atoms with Gasteiger partial charge >= 0.3 is 0 Å². The Hall–Kier alpha value is -3.82. The minimum Gasteiger partial charge on any atom is -0.468 e. The van der Waals surface area contributed by atoms with Gasteiger partial charge in [-0.15, -0.1) is 0 Å². The monoisotopic (exact) mass is 498 g/mol. The van der Waals surface area contributed by atoms with E-state index in [1.54, 1.807) is 71.7 Å². The van der Waals surface area contributed by atoms with Crippen LogP contribution in [0.3, 0.4) is 0 Å². The molecule has 0 aliphatic rings. The van der Waals surface area contributed by atoms with Crippen molar-refractivity contribution in [1.29, 1.82) is 0 Å². The van der Waals surface area contributed by atoms with Crippen LogP contribution in [0.25, 0.3) is 0 Å². The number of carbonyl (C=O) groups is 2. The van der Waals surface area contributed by atoms with Gasteiger partial charge in [-0.25, -0.2) is 4.68 Å². The number of aryl methyl sites for hydroxylation is 1. The topological polar surface area (TPSA) is 103 Å². The van der Waals surface area contributed by atoms with Gasteiger partial charge in [-0.05, 0) is 49.4 Å². The van der Waals surface area contributed by atoms with Gasteiger partial charge in [-0.1, -0.05) is 35.3 Å². The number of hydrogen-bond donors (Lipinski definition) is 2. The summed E-state index contributed by atoms with van der Waals surface area (Å²) in [6.07, 6.45) is 3.18. The second-order valence-electron chi connectivity index (χ2n) is 7.09. The summed E-state index contributed by atoms with van der Waals surface area (Å²) in [5, 5.41) is 14.6. The second kappa shape index (κ2) is 10.4. The number of anilines is 2. The highest BCUT2D eigenvalue weighted by molar-refractivity contribution is 6.37. The van der Waals surface area contributed by atoms with E-state index in [4.69, 9.17) is 27.9 Å². The number of ether oxygens (including phenoxy) is 1. The number of amides is 2. The number of nitrogens with one attached hydrogen (secondary N) is 2. The van der Waals surface area contributed by atoms with Gasteiger partial charge in [-0.3, -0.25) is 14.3 Å². The summed E-state index contributed by atoms with van der Waals surface area (Å²) < 4.78 is 8.67. The zero-order chi connectivity index (χ0) is 24.1. The second-order valence-corrected chi connectivity index (χ2v) is 7.90. The fourth-order valence-corrected chi connectivity index (χ4v) is 3.65. The molecule has 2 N–H and O–H groups in total. The highest BCUT2D eigenvalue weighted by Crippen LogP contribution is 2.32.